The first-order valence-corrected chi connectivity index (χ1v) is 6.04. The van der Waals surface area contributed by atoms with E-state index in [1.54, 1.807) is 12.4 Å². The van der Waals surface area contributed by atoms with Crippen LogP contribution in [0.5, 0.6) is 0 Å². The number of nitrogens with zero attached hydrogens (tertiary/aromatic N) is 3. The Labute approximate surface area is 101 Å². The molecule has 0 saturated carbocycles. The number of ketones is 1. The minimum absolute atomic E-state index is 0.0263. The van der Waals surface area contributed by atoms with E-state index in [0.717, 1.165) is 19.4 Å². The third-order valence-corrected chi connectivity index (χ3v) is 3.22. The molecule has 2 N–H and O–H groups in total. The second-order valence-electron chi connectivity index (χ2n) is 4.37. The fraction of sp³-hybridized carbons (Fsp3) is 0.583. The maximum atomic E-state index is 12.0. The highest BCUT2D eigenvalue weighted by Crippen LogP contribution is 2.16. The number of likely N-dealkylation sites (tertiary alicyclic amines) is 1. The van der Waals surface area contributed by atoms with Crippen molar-refractivity contribution in [2.24, 2.45) is 5.73 Å². The molecule has 2 rings (SSSR count). The van der Waals surface area contributed by atoms with E-state index < -0.39 is 0 Å². The molecule has 17 heavy (non-hydrogen) atoms. The molecule has 0 aromatic carbocycles. The van der Waals surface area contributed by atoms with Crippen molar-refractivity contribution in [3.8, 4) is 0 Å². The predicted octanol–water partition coefficient (Wildman–Crippen LogP) is 0.472. The van der Waals surface area contributed by atoms with Crippen LogP contribution in [0.4, 0.5) is 0 Å². The molecule has 2 heterocycles. The van der Waals surface area contributed by atoms with Crippen molar-refractivity contribution in [3.05, 3.63) is 24.3 Å². The van der Waals surface area contributed by atoms with Crippen molar-refractivity contribution >= 4 is 5.78 Å². The summed E-state index contributed by atoms with van der Waals surface area (Å²) in [4.78, 5) is 22.1. The van der Waals surface area contributed by atoms with Crippen LogP contribution in [0.25, 0.3) is 0 Å². The first-order valence-electron chi connectivity index (χ1n) is 6.04. The van der Waals surface area contributed by atoms with E-state index in [-0.39, 0.29) is 5.78 Å². The van der Waals surface area contributed by atoms with Gasteiger partial charge in [0.1, 0.15) is 5.69 Å². The van der Waals surface area contributed by atoms with Gasteiger partial charge in [0.25, 0.3) is 0 Å². The molecule has 0 radical (unpaired) electrons. The Morgan fingerprint density at radius 2 is 2.35 bits per heavy atom. The van der Waals surface area contributed by atoms with Crippen LogP contribution in [-0.4, -0.2) is 46.3 Å². The minimum atomic E-state index is 0.0263. The maximum Gasteiger partial charge on any atom is 0.196 e. The molecule has 5 nitrogen and oxygen atoms in total. The summed E-state index contributed by atoms with van der Waals surface area (Å²) in [7, 11) is 0. The van der Waals surface area contributed by atoms with E-state index in [9.17, 15) is 4.79 Å². The summed E-state index contributed by atoms with van der Waals surface area (Å²) in [6.07, 6.45) is 8.07. The Balaban J connectivity index is 1.98. The summed E-state index contributed by atoms with van der Waals surface area (Å²) in [6, 6.07) is 0.337. The number of hydrogen-bond acceptors (Lipinski definition) is 5. The Morgan fingerprint density at radius 3 is 3.06 bits per heavy atom. The Morgan fingerprint density at radius 1 is 1.47 bits per heavy atom. The van der Waals surface area contributed by atoms with E-state index in [2.05, 4.69) is 14.9 Å². The molecule has 1 aliphatic heterocycles. The van der Waals surface area contributed by atoms with Gasteiger partial charge < -0.3 is 5.73 Å². The molecule has 0 bridgehead atoms. The first-order chi connectivity index (χ1) is 8.31. The number of carbonyl (C=O) groups is 1. The zero-order chi connectivity index (χ0) is 12.1. The van der Waals surface area contributed by atoms with Crippen molar-refractivity contribution in [3.63, 3.8) is 0 Å². The van der Waals surface area contributed by atoms with Gasteiger partial charge in [0, 0.05) is 25.0 Å². The highest BCUT2D eigenvalue weighted by molar-refractivity contribution is 5.95. The lowest BCUT2D eigenvalue weighted by Crippen LogP contribution is -2.46. The molecule has 1 aromatic heterocycles. The van der Waals surface area contributed by atoms with Gasteiger partial charge in [0.15, 0.2) is 5.78 Å². The van der Waals surface area contributed by atoms with E-state index in [4.69, 9.17) is 5.73 Å². The number of Topliss-reactive ketones (excluding diaryl/α,β-unsaturated/α-hetero) is 1. The molecule has 1 fully saturated rings. The number of aromatic nitrogens is 2. The summed E-state index contributed by atoms with van der Waals surface area (Å²) < 4.78 is 0. The zero-order valence-corrected chi connectivity index (χ0v) is 9.88. The number of hydrogen-bond donors (Lipinski definition) is 1. The minimum Gasteiger partial charge on any atom is -0.329 e. The van der Waals surface area contributed by atoms with Crippen molar-refractivity contribution in [2.45, 2.75) is 25.3 Å². The SMILES string of the molecule is NC[C@H]1CCCCN1CC(=O)c1cnccn1. The normalized spacial score (nSPS) is 21.4. The number of rotatable bonds is 4. The lowest BCUT2D eigenvalue weighted by atomic mass is 10.0. The molecule has 1 aliphatic rings. The van der Waals surface area contributed by atoms with Crippen LogP contribution in [0.15, 0.2) is 18.6 Å². The van der Waals surface area contributed by atoms with Gasteiger partial charge in [0.2, 0.25) is 0 Å². The van der Waals surface area contributed by atoms with Gasteiger partial charge in [-0.2, -0.15) is 0 Å². The zero-order valence-electron chi connectivity index (χ0n) is 9.88. The van der Waals surface area contributed by atoms with E-state index in [1.165, 1.54) is 12.6 Å². The summed E-state index contributed by atoms with van der Waals surface area (Å²) in [6.45, 7) is 1.97. The smallest absolute Gasteiger partial charge is 0.196 e. The molecule has 1 aromatic rings. The van der Waals surface area contributed by atoms with E-state index >= 15 is 0 Å². The number of nitrogens with two attached hydrogens (primary N) is 1. The molecule has 92 valence electrons. The Kier molecular flexibility index (Phi) is 4.17. The van der Waals surface area contributed by atoms with Crippen LogP contribution in [-0.2, 0) is 0 Å². The third-order valence-electron chi connectivity index (χ3n) is 3.22. The van der Waals surface area contributed by atoms with Crippen LogP contribution < -0.4 is 5.73 Å². The van der Waals surface area contributed by atoms with Crippen LogP contribution in [0.3, 0.4) is 0 Å². The summed E-state index contributed by atoms with van der Waals surface area (Å²) in [5.41, 5.74) is 6.17. The third kappa shape index (κ3) is 3.08. The van der Waals surface area contributed by atoms with E-state index in [0.29, 0.717) is 24.8 Å². The molecule has 0 aliphatic carbocycles. The van der Waals surface area contributed by atoms with Gasteiger partial charge >= 0.3 is 0 Å². The predicted molar refractivity (Wildman–Crippen MR) is 64.6 cm³/mol. The molecule has 1 saturated heterocycles. The Bertz CT molecular complexity index is 368. The van der Waals surface area contributed by atoms with Gasteiger partial charge in [-0.05, 0) is 19.4 Å². The molecule has 1 atom stereocenters. The van der Waals surface area contributed by atoms with Gasteiger partial charge in [-0.15, -0.1) is 0 Å². The first kappa shape index (κ1) is 12.1. The standard InChI is InChI=1S/C12H18N4O/c13-7-10-3-1-2-6-16(10)9-12(17)11-8-14-4-5-15-11/h4-5,8,10H,1-3,6-7,9,13H2/t10-/m1/s1. The van der Waals surface area contributed by atoms with Crippen LogP contribution >= 0.6 is 0 Å². The van der Waals surface area contributed by atoms with Crippen LogP contribution in [0.2, 0.25) is 0 Å². The summed E-state index contributed by atoms with van der Waals surface area (Å²) >= 11 is 0. The molecular formula is C12H18N4O. The van der Waals surface area contributed by atoms with Crippen molar-refractivity contribution in [1.29, 1.82) is 0 Å². The molecule has 0 amide bonds. The van der Waals surface area contributed by atoms with E-state index in [1.807, 2.05) is 0 Å². The second kappa shape index (κ2) is 5.84. The largest absolute Gasteiger partial charge is 0.329 e. The van der Waals surface area contributed by atoms with Crippen molar-refractivity contribution in [1.82, 2.24) is 14.9 Å². The lowest BCUT2D eigenvalue weighted by molar-refractivity contribution is 0.0846. The monoisotopic (exact) mass is 234 g/mol. The Hall–Kier alpha value is -1.33. The van der Waals surface area contributed by atoms with Gasteiger partial charge in [-0.25, -0.2) is 4.98 Å². The molecule has 0 spiro atoms. The van der Waals surface area contributed by atoms with Crippen molar-refractivity contribution in [2.75, 3.05) is 19.6 Å². The molecule has 0 unspecified atom stereocenters. The van der Waals surface area contributed by atoms with Gasteiger partial charge in [0.05, 0.1) is 12.7 Å². The fourth-order valence-corrected chi connectivity index (χ4v) is 2.24. The highest BCUT2D eigenvalue weighted by Gasteiger charge is 2.23. The van der Waals surface area contributed by atoms with Gasteiger partial charge in [-0.1, -0.05) is 6.42 Å². The summed E-state index contributed by atoms with van der Waals surface area (Å²) in [5, 5.41) is 0. The highest BCUT2D eigenvalue weighted by atomic mass is 16.1. The molecular weight excluding hydrogens is 216 g/mol. The topological polar surface area (TPSA) is 72.1 Å². The van der Waals surface area contributed by atoms with Gasteiger partial charge in [-0.3, -0.25) is 14.7 Å². The van der Waals surface area contributed by atoms with Crippen molar-refractivity contribution < 1.29 is 4.79 Å². The molecule has 5 heteroatoms. The average molecular weight is 234 g/mol. The summed E-state index contributed by atoms with van der Waals surface area (Å²) in [5.74, 6) is 0.0263. The van der Waals surface area contributed by atoms with Crippen LogP contribution in [0, 0.1) is 0 Å². The quantitative estimate of drug-likeness (QED) is 0.767. The maximum absolute atomic E-state index is 12.0. The van der Waals surface area contributed by atoms with Crippen LogP contribution in [0.1, 0.15) is 29.8 Å². The second-order valence-corrected chi connectivity index (χ2v) is 4.37. The number of piperidine rings is 1. The average Bonchev–Trinajstić information content (AvgIpc) is 2.40. The fourth-order valence-electron chi connectivity index (χ4n) is 2.24. The lowest BCUT2D eigenvalue weighted by Gasteiger charge is -2.34. The number of carbonyl (C=O) groups excluding carboxylic acids is 1.